The lowest BCUT2D eigenvalue weighted by Crippen LogP contribution is -2.37. The molecule has 0 aliphatic rings. The first-order valence-electron chi connectivity index (χ1n) is 5.96. The Balaban J connectivity index is 2.44. The number of nitrogens with one attached hydrogen (secondary N) is 1. The quantitative estimate of drug-likeness (QED) is 0.648. The molecule has 100 valence electrons. The van der Waals surface area contributed by atoms with Crippen LogP contribution in [-0.4, -0.2) is 24.7 Å². The molecule has 1 atom stereocenters. The molecule has 18 heavy (non-hydrogen) atoms. The Bertz CT molecular complexity index is 407. The summed E-state index contributed by atoms with van der Waals surface area (Å²) in [5.74, 6) is 1.28. The number of halogens is 1. The summed E-state index contributed by atoms with van der Waals surface area (Å²) in [5.41, 5.74) is 5.72. The zero-order valence-electron chi connectivity index (χ0n) is 11.0. The van der Waals surface area contributed by atoms with Gasteiger partial charge in [-0.3, -0.25) is 0 Å². The third kappa shape index (κ3) is 5.91. The fourth-order valence-corrected chi connectivity index (χ4v) is 1.76. The van der Waals surface area contributed by atoms with Crippen molar-refractivity contribution in [3.05, 3.63) is 28.7 Å². The van der Waals surface area contributed by atoms with E-state index < -0.39 is 0 Å². The van der Waals surface area contributed by atoms with Gasteiger partial charge in [0.1, 0.15) is 11.9 Å². The summed E-state index contributed by atoms with van der Waals surface area (Å²) in [7, 11) is 0. The summed E-state index contributed by atoms with van der Waals surface area (Å²) in [6.07, 6.45) is -0.0215. The third-order valence-electron chi connectivity index (χ3n) is 2.09. The van der Waals surface area contributed by atoms with E-state index in [0.29, 0.717) is 12.5 Å². The highest BCUT2D eigenvalue weighted by Crippen LogP contribution is 2.18. The van der Waals surface area contributed by atoms with Gasteiger partial charge < -0.3 is 15.8 Å². The molecular weight excluding hydrogens is 294 g/mol. The molecule has 0 radical (unpaired) electrons. The number of rotatable bonds is 5. The molecule has 0 saturated heterocycles. The van der Waals surface area contributed by atoms with Crippen LogP contribution in [0.2, 0.25) is 0 Å². The Kier molecular flexibility index (Phi) is 5.98. The van der Waals surface area contributed by atoms with Crippen molar-refractivity contribution in [2.45, 2.75) is 32.9 Å². The molecule has 0 aliphatic heterocycles. The lowest BCUT2D eigenvalue weighted by molar-refractivity contribution is 0.230. The first kappa shape index (κ1) is 14.8. The SMILES string of the molecule is CC(C)NC(N)=NCC(C)Oc1cccc(Br)c1. The highest BCUT2D eigenvalue weighted by atomic mass is 79.9. The monoisotopic (exact) mass is 313 g/mol. The topological polar surface area (TPSA) is 59.6 Å². The molecule has 1 aromatic carbocycles. The van der Waals surface area contributed by atoms with Gasteiger partial charge in [0, 0.05) is 10.5 Å². The van der Waals surface area contributed by atoms with Crippen molar-refractivity contribution < 1.29 is 4.74 Å². The van der Waals surface area contributed by atoms with Gasteiger partial charge in [0.15, 0.2) is 5.96 Å². The van der Waals surface area contributed by atoms with E-state index in [0.717, 1.165) is 10.2 Å². The number of hydrogen-bond acceptors (Lipinski definition) is 2. The average Bonchev–Trinajstić information content (AvgIpc) is 2.25. The van der Waals surface area contributed by atoms with Crippen LogP contribution >= 0.6 is 15.9 Å². The molecule has 0 aliphatic carbocycles. The highest BCUT2D eigenvalue weighted by molar-refractivity contribution is 9.10. The van der Waals surface area contributed by atoms with Crippen molar-refractivity contribution in [3.8, 4) is 5.75 Å². The van der Waals surface area contributed by atoms with Gasteiger partial charge in [-0.05, 0) is 39.0 Å². The number of nitrogens with zero attached hydrogens (tertiary/aromatic N) is 1. The summed E-state index contributed by atoms with van der Waals surface area (Å²) in [4.78, 5) is 4.23. The zero-order valence-corrected chi connectivity index (χ0v) is 12.6. The minimum Gasteiger partial charge on any atom is -0.489 e. The van der Waals surface area contributed by atoms with Crippen LogP contribution in [0.25, 0.3) is 0 Å². The van der Waals surface area contributed by atoms with Crippen LogP contribution in [0.1, 0.15) is 20.8 Å². The molecule has 3 N–H and O–H groups in total. The van der Waals surface area contributed by atoms with E-state index >= 15 is 0 Å². The summed E-state index contributed by atoms with van der Waals surface area (Å²) in [5, 5.41) is 3.04. The zero-order chi connectivity index (χ0) is 13.5. The Morgan fingerprint density at radius 2 is 2.17 bits per heavy atom. The lowest BCUT2D eigenvalue weighted by atomic mass is 10.3. The molecule has 1 aromatic rings. The van der Waals surface area contributed by atoms with E-state index in [1.54, 1.807) is 0 Å². The fourth-order valence-electron chi connectivity index (χ4n) is 1.38. The standard InChI is InChI=1S/C13H20BrN3O/c1-9(2)17-13(15)16-8-10(3)18-12-6-4-5-11(14)7-12/h4-7,9-10H,8H2,1-3H3,(H3,15,16,17). The molecule has 5 heteroatoms. The van der Waals surface area contributed by atoms with Gasteiger partial charge in [0.05, 0.1) is 6.54 Å². The molecule has 0 aromatic heterocycles. The van der Waals surface area contributed by atoms with Gasteiger partial charge in [-0.1, -0.05) is 22.0 Å². The van der Waals surface area contributed by atoms with E-state index in [9.17, 15) is 0 Å². The lowest BCUT2D eigenvalue weighted by Gasteiger charge is -2.14. The Morgan fingerprint density at radius 3 is 2.78 bits per heavy atom. The van der Waals surface area contributed by atoms with Gasteiger partial charge in [-0.15, -0.1) is 0 Å². The maximum absolute atomic E-state index is 5.73. The van der Waals surface area contributed by atoms with Crippen molar-refractivity contribution in [3.63, 3.8) is 0 Å². The molecule has 0 amide bonds. The smallest absolute Gasteiger partial charge is 0.188 e. The highest BCUT2D eigenvalue weighted by Gasteiger charge is 2.04. The van der Waals surface area contributed by atoms with Gasteiger partial charge in [-0.2, -0.15) is 0 Å². The number of benzene rings is 1. The maximum atomic E-state index is 5.73. The van der Waals surface area contributed by atoms with Gasteiger partial charge in [0.2, 0.25) is 0 Å². The van der Waals surface area contributed by atoms with Crippen molar-refractivity contribution in [2.24, 2.45) is 10.7 Å². The van der Waals surface area contributed by atoms with E-state index in [1.165, 1.54) is 0 Å². The van der Waals surface area contributed by atoms with Crippen LogP contribution in [0.5, 0.6) is 5.75 Å². The van der Waals surface area contributed by atoms with Crippen LogP contribution in [0.3, 0.4) is 0 Å². The second kappa shape index (κ2) is 7.26. The molecule has 0 fully saturated rings. The van der Waals surface area contributed by atoms with Gasteiger partial charge in [0.25, 0.3) is 0 Å². The maximum Gasteiger partial charge on any atom is 0.188 e. The summed E-state index contributed by atoms with van der Waals surface area (Å²) >= 11 is 3.40. The average molecular weight is 314 g/mol. The predicted molar refractivity (Wildman–Crippen MR) is 79.0 cm³/mol. The number of nitrogens with two attached hydrogens (primary N) is 1. The molecular formula is C13H20BrN3O. The van der Waals surface area contributed by atoms with Crippen molar-refractivity contribution in [1.29, 1.82) is 0 Å². The van der Waals surface area contributed by atoms with Gasteiger partial charge in [-0.25, -0.2) is 4.99 Å². The minimum atomic E-state index is -0.0215. The molecule has 0 spiro atoms. The van der Waals surface area contributed by atoms with E-state index in [-0.39, 0.29) is 12.1 Å². The third-order valence-corrected chi connectivity index (χ3v) is 2.58. The molecule has 1 unspecified atom stereocenters. The van der Waals surface area contributed by atoms with Gasteiger partial charge >= 0.3 is 0 Å². The van der Waals surface area contributed by atoms with Crippen LogP contribution in [0.15, 0.2) is 33.7 Å². The minimum absolute atomic E-state index is 0.0215. The molecule has 0 saturated carbocycles. The van der Waals surface area contributed by atoms with Crippen LogP contribution in [0, 0.1) is 0 Å². The number of guanidine groups is 1. The first-order chi connectivity index (χ1) is 8.47. The Labute approximate surface area is 117 Å². The number of hydrogen-bond donors (Lipinski definition) is 2. The van der Waals surface area contributed by atoms with Crippen molar-refractivity contribution in [2.75, 3.05) is 6.54 Å². The van der Waals surface area contributed by atoms with Crippen LogP contribution in [0.4, 0.5) is 0 Å². The van der Waals surface area contributed by atoms with E-state index in [2.05, 4.69) is 26.2 Å². The molecule has 1 rings (SSSR count). The van der Waals surface area contributed by atoms with Crippen LogP contribution < -0.4 is 15.8 Å². The Morgan fingerprint density at radius 1 is 1.44 bits per heavy atom. The fraction of sp³-hybridized carbons (Fsp3) is 0.462. The van der Waals surface area contributed by atoms with E-state index in [4.69, 9.17) is 10.5 Å². The predicted octanol–water partition coefficient (Wildman–Crippen LogP) is 2.53. The van der Waals surface area contributed by atoms with E-state index in [1.807, 2.05) is 45.0 Å². The molecule has 0 heterocycles. The molecule has 0 bridgehead atoms. The summed E-state index contributed by atoms with van der Waals surface area (Å²) in [6, 6.07) is 8.02. The first-order valence-corrected chi connectivity index (χ1v) is 6.75. The second-order valence-corrected chi connectivity index (χ2v) is 5.33. The largest absolute Gasteiger partial charge is 0.489 e. The number of ether oxygens (including phenoxy) is 1. The second-order valence-electron chi connectivity index (χ2n) is 4.41. The van der Waals surface area contributed by atoms with Crippen molar-refractivity contribution >= 4 is 21.9 Å². The Hall–Kier alpha value is -1.23. The van der Waals surface area contributed by atoms with Crippen LogP contribution in [-0.2, 0) is 0 Å². The normalized spacial score (nSPS) is 13.5. The summed E-state index contributed by atoms with van der Waals surface area (Å²) in [6.45, 7) is 6.53. The summed E-state index contributed by atoms with van der Waals surface area (Å²) < 4.78 is 6.73. The van der Waals surface area contributed by atoms with Crippen molar-refractivity contribution in [1.82, 2.24) is 5.32 Å². The molecule has 4 nitrogen and oxygen atoms in total. The number of aliphatic imine (C=N–C) groups is 1.